The van der Waals surface area contributed by atoms with Crippen LogP contribution in [-0.4, -0.2) is 57.0 Å². The highest BCUT2D eigenvalue weighted by molar-refractivity contribution is 6.09. The molecule has 3 heterocycles. The molecule has 3 amide bonds. The Kier molecular flexibility index (Phi) is 7.34. The summed E-state index contributed by atoms with van der Waals surface area (Å²) in [7, 11) is 1.88. The second-order valence-corrected chi connectivity index (χ2v) is 12.8. The Bertz CT molecular complexity index is 1700. The van der Waals surface area contributed by atoms with Gasteiger partial charge in [-0.3, -0.25) is 14.4 Å². The molecule has 0 spiro atoms. The maximum Gasteiger partial charge on any atom is 0.256 e. The average Bonchev–Trinajstić information content (AvgIpc) is 3.54. The summed E-state index contributed by atoms with van der Waals surface area (Å²) in [6.45, 7) is 6.86. The lowest BCUT2D eigenvalue weighted by atomic mass is 9.84. The van der Waals surface area contributed by atoms with Crippen molar-refractivity contribution in [3.8, 4) is 0 Å². The smallest absolute Gasteiger partial charge is 0.256 e. The van der Waals surface area contributed by atoms with E-state index in [4.69, 9.17) is 0 Å². The molecule has 8 nitrogen and oxygen atoms in total. The number of hydrogen-bond acceptors (Lipinski definition) is 4. The summed E-state index contributed by atoms with van der Waals surface area (Å²) < 4.78 is 1.88. The first-order valence-electron chi connectivity index (χ1n) is 14.8. The fraction of sp³-hybridized carbons (Fsp3) is 0.343. The largest absolute Gasteiger partial charge is 0.391 e. The molecule has 3 atom stereocenters. The van der Waals surface area contributed by atoms with Crippen molar-refractivity contribution in [2.24, 2.45) is 7.05 Å². The minimum Gasteiger partial charge on any atom is -0.391 e. The van der Waals surface area contributed by atoms with E-state index in [9.17, 15) is 19.5 Å². The summed E-state index contributed by atoms with van der Waals surface area (Å²) in [6.07, 6.45) is 1.40. The lowest BCUT2D eigenvalue weighted by Crippen LogP contribution is -2.56. The van der Waals surface area contributed by atoms with Gasteiger partial charge >= 0.3 is 0 Å². The molecule has 2 aliphatic rings. The molecular weight excluding hydrogens is 540 g/mol. The lowest BCUT2D eigenvalue weighted by Gasteiger charge is -2.36. The number of nitrogens with zero attached hydrogens (tertiary/aromatic N) is 3. The number of aryl methyl sites for hydroxylation is 1. The molecule has 3 aromatic carbocycles. The molecule has 222 valence electrons. The monoisotopic (exact) mass is 578 g/mol. The summed E-state index contributed by atoms with van der Waals surface area (Å²) in [4.78, 5) is 44.8. The average molecular weight is 579 g/mol. The molecule has 2 aliphatic heterocycles. The van der Waals surface area contributed by atoms with Crippen molar-refractivity contribution in [2.45, 2.75) is 63.8 Å². The second-order valence-electron chi connectivity index (χ2n) is 12.8. The topological polar surface area (TPSA) is 94.9 Å². The maximum absolute atomic E-state index is 14.0. The van der Waals surface area contributed by atoms with Crippen molar-refractivity contribution in [3.05, 3.63) is 101 Å². The molecule has 2 N–H and O–H groups in total. The molecule has 2 unspecified atom stereocenters. The van der Waals surface area contributed by atoms with Crippen LogP contribution in [0.5, 0.6) is 0 Å². The van der Waals surface area contributed by atoms with Crippen LogP contribution in [0.25, 0.3) is 10.9 Å². The van der Waals surface area contributed by atoms with Gasteiger partial charge in [-0.25, -0.2) is 0 Å². The van der Waals surface area contributed by atoms with E-state index < -0.39 is 24.1 Å². The Morgan fingerprint density at radius 1 is 1.00 bits per heavy atom. The van der Waals surface area contributed by atoms with Crippen LogP contribution in [0.4, 0.5) is 5.69 Å². The summed E-state index contributed by atoms with van der Waals surface area (Å²) >= 11 is 0. The van der Waals surface area contributed by atoms with Gasteiger partial charge in [-0.2, -0.15) is 0 Å². The van der Waals surface area contributed by atoms with E-state index in [0.717, 1.165) is 33.3 Å². The number of aromatic nitrogens is 1. The third-order valence-electron chi connectivity index (χ3n) is 8.70. The van der Waals surface area contributed by atoms with Crippen molar-refractivity contribution in [2.75, 3.05) is 11.4 Å². The van der Waals surface area contributed by atoms with Crippen LogP contribution >= 0.6 is 0 Å². The summed E-state index contributed by atoms with van der Waals surface area (Å²) in [5.74, 6) is -0.937. The van der Waals surface area contributed by atoms with Gasteiger partial charge in [0.15, 0.2) is 0 Å². The molecule has 8 heteroatoms. The Balaban J connectivity index is 1.28. The van der Waals surface area contributed by atoms with E-state index >= 15 is 0 Å². The predicted octanol–water partition coefficient (Wildman–Crippen LogP) is 4.33. The van der Waals surface area contributed by atoms with E-state index in [-0.39, 0.29) is 30.2 Å². The number of carbonyl (C=O) groups excluding carboxylic acids is 3. The number of fused-ring (bicyclic) bond motifs is 2. The first-order chi connectivity index (χ1) is 20.5. The van der Waals surface area contributed by atoms with Crippen molar-refractivity contribution in [1.29, 1.82) is 0 Å². The summed E-state index contributed by atoms with van der Waals surface area (Å²) in [6, 6.07) is 22.0. The van der Waals surface area contributed by atoms with Crippen LogP contribution < -0.4 is 10.2 Å². The van der Waals surface area contributed by atoms with Crippen LogP contribution in [0, 0.1) is 0 Å². The van der Waals surface area contributed by atoms with Gasteiger partial charge in [0.25, 0.3) is 5.91 Å². The highest BCUT2D eigenvalue weighted by atomic mass is 16.3. The van der Waals surface area contributed by atoms with Crippen LogP contribution in [-0.2, 0) is 35.0 Å². The number of aliphatic hydroxyl groups is 1. The molecule has 43 heavy (non-hydrogen) atoms. The molecule has 0 saturated carbocycles. The zero-order valence-corrected chi connectivity index (χ0v) is 25.1. The number of aliphatic hydroxyl groups excluding tert-OH is 1. The van der Waals surface area contributed by atoms with Gasteiger partial charge in [0, 0.05) is 49.2 Å². The molecular formula is C35H38N4O4. The van der Waals surface area contributed by atoms with Crippen LogP contribution in [0.3, 0.4) is 0 Å². The molecule has 0 radical (unpaired) electrons. The van der Waals surface area contributed by atoms with Gasteiger partial charge in [0.2, 0.25) is 11.8 Å². The fourth-order valence-electron chi connectivity index (χ4n) is 6.33. The molecule has 1 saturated heterocycles. The highest BCUT2D eigenvalue weighted by Gasteiger charge is 2.42. The number of carbonyl (C=O) groups is 3. The molecule has 6 rings (SSSR count). The number of likely N-dealkylation sites (tertiary alicyclic amines) is 1. The number of β-amino-alcohol motifs (C(OH)–C–C–N with tert-alkyl or cyclic N) is 1. The minimum absolute atomic E-state index is 0.0529. The first kappa shape index (κ1) is 28.7. The number of anilines is 1. The van der Waals surface area contributed by atoms with E-state index in [0.29, 0.717) is 18.5 Å². The van der Waals surface area contributed by atoms with Crippen molar-refractivity contribution < 1.29 is 19.5 Å². The van der Waals surface area contributed by atoms with Crippen molar-refractivity contribution in [1.82, 2.24) is 14.8 Å². The minimum atomic E-state index is -0.887. The third kappa shape index (κ3) is 5.43. The molecule has 4 aromatic rings. The predicted molar refractivity (Wildman–Crippen MR) is 167 cm³/mol. The van der Waals surface area contributed by atoms with E-state index in [1.807, 2.05) is 66.2 Å². The van der Waals surface area contributed by atoms with Crippen molar-refractivity contribution in [3.63, 3.8) is 0 Å². The van der Waals surface area contributed by atoms with E-state index in [1.165, 1.54) is 4.90 Å². The number of benzene rings is 3. The van der Waals surface area contributed by atoms with Gasteiger partial charge < -0.3 is 24.8 Å². The number of nitrogens with one attached hydrogen (secondary N) is 1. The zero-order valence-electron chi connectivity index (χ0n) is 25.1. The van der Waals surface area contributed by atoms with Gasteiger partial charge in [0.1, 0.15) is 12.1 Å². The zero-order chi connectivity index (χ0) is 30.5. The van der Waals surface area contributed by atoms with Crippen LogP contribution in [0.1, 0.15) is 54.2 Å². The lowest BCUT2D eigenvalue weighted by molar-refractivity contribution is -0.130. The number of hydrogen-bond donors (Lipinski definition) is 2. The Morgan fingerprint density at radius 2 is 1.72 bits per heavy atom. The van der Waals surface area contributed by atoms with Gasteiger partial charge in [-0.1, -0.05) is 81.4 Å². The molecule has 0 bridgehead atoms. The van der Waals surface area contributed by atoms with Crippen LogP contribution in [0.15, 0.2) is 79.0 Å². The van der Waals surface area contributed by atoms with E-state index in [1.54, 1.807) is 11.1 Å². The standard InChI is InChI=1S/C35H38N4O4/c1-35(2,3)24-15-14-23-16-28(34(43)38(30(23)17-24)19-22-10-6-5-7-11-22)36-32(41)31-18-25(40)20-39(31)33(42)27-21-37(4)29-13-9-8-12-26(27)29/h5-15,17,21,25,28,31,40H,16,18-20H2,1-4H3,(H,36,41)/t25-,28?,31?/m1/s1. The molecule has 1 aromatic heterocycles. The fourth-order valence-corrected chi connectivity index (χ4v) is 6.33. The molecule has 0 aliphatic carbocycles. The maximum atomic E-state index is 14.0. The second kappa shape index (κ2) is 11.0. The van der Waals surface area contributed by atoms with Crippen molar-refractivity contribution >= 4 is 34.3 Å². The molecule has 1 fully saturated rings. The van der Waals surface area contributed by atoms with Gasteiger partial charge in [0.05, 0.1) is 18.2 Å². The first-order valence-corrected chi connectivity index (χ1v) is 14.8. The number of rotatable bonds is 5. The Hall–Kier alpha value is -4.43. The van der Waals surface area contributed by atoms with Gasteiger partial charge in [-0.05, 0) is 34.2 Å². The highest BCUT2D eigenvalue weighted by Crippen LogP contribution is 2.35. The van der Waals surface area contributed by atoms with Crippen LogP contribution in [0.2, 0.25) is 0 Å². The Morgan fingerprint density at radius 3 is 2.47 bits per heavy atom. The quantitative estimate of drug-likeness (QED) is 0.369. The SMILES string of the molecule is Cn1cc(C(=O)N2C[C@H](O)CC2C(=O)NC2Cc3ccc(C(C)(C)C)cc3N(Cc3ccccc3)C2=O)c2ccccc21. The number of amides is 3. The normalized spacial score (nSPS) is 20.4. The number of para-hydroxylation sites is 1. The summed E-state index contributed by atoms with van der Waals surface area (Å²) in [5, 5.41) is 14.3. The third-order valence-corrected chi connectivity index (χ3v) is 8.70. The summed E-state index contributed by atoms with van der Waals surface area (Å²) in [5.41, 5.74) is 5.25. The van der Waals surface area contributed by atoms with E-state index in [2.05, 4.69) is 44.3 Å². The Labute approximate surface area is 251 Å². The van der Waals surface area contributed by atoms with Gasteiger partial charge in [-0.15, -0.1) is 0 Å².